The highest BCUT2D eigenvalue weighted by Crippen LogP contribution is 2.28. The number of halogens is 1. The number of carbonyl (C=O) groups is 2. The van der Waals surface area contributed by atoms with Crippen LogP contribution in [0.1, 0.15) is 17.3 Å². The molecule has 0 unspecified atom stereocenters. The molecule has 1 amide bonds. The molecule has 7 heteroatoms. The van der Waals surface area contributed by atoms with Crippen LogP contribution in [0.2, 0.25) is 0 Å². The number of anilines is 1. The molecule has 6 nitrogen and oxygen atoms in total. The molecule has 2 rings (SSSR count). The molecule has 132 valence electrons. The van der Waals surface area contributed by atoms with Crippen molar-refractivity contribution in [1.82, 2.24) is 0 Å². The summed E-state index contributed by atoms with van der Waals surface area (Å²) in [5, 5.41) is 2.72. The van der Waals surface area contributed by atoms with Gasteiger partial charge in [0.15, 0.2) is 18.1 Å². The van der Waals surface area contributed by atoms with Gasteiger partial charge in [-0.05, 0) is 49.4 Å². The first kappa shape index (κ1) is 18.8. The molecule has 0 bridgehead atoms. The summed E-state index contributed by atoms with van der Waals surface area (Å²) in [6, 6.07) is 11.8. The zero-order valence-corrected chi connectivity index (χ0v) is 15.5. The molecule has 1 N–H and O–H groups in total. The Morgan fingerprint density at radius 2 is 1.80 bits per heavy atom. The SMILES string of the molecule is CCOC(=O)c1ccc(OC)c(OCC(=O)Nc2ccc(Br)cc2)c1. The van der Waals surface area contributed by atoms with Crippen LogP contribution in [0.25, 0.3) is 0 Å². The lowest BCUT2D eigenvalue weighted by molar-refractivity contribution is -0.118. The minimum absolute atomic E-state index is 0.224. The van der Waals surface area contributed by atoms with Gasteiger partial charge in [0.2, 0.25) is 0 Å². The zero-order valence-electron chi connectivity index (χ0n) is 13.9. The fourth-order valence-electron chi connectivity index (χ4n) is 2.00. The second kappa shape index (κ2) is 9.08. The van der Waals surface area contributed by atoms with Gasteiger partial charge in [-0.2, -0.15) is 0 Å². The molecule has 0 saturated carbocycles. The third-order valence-electron chi connectivity index (χ3n) is 3.16. The van der Waals surface area contributed by atoms with Crippen molar-refractivity contribution < 1.29 is 23.8 Å². The Morgan fingerprint density at radius 1 is 1.08 bits per heavy atom. The van der Waals surface area contributed by atoms with Gasteiger partial charge in [-0.3, -0.25) is 4.79 Å². The first-order chi connectivity index (χ1) is 12.0. The average Bonchev–Trinajstić information content (AvgIpc) is 2.62. The van der Waals surface area contributed by atoms with Gasteiger partial charge in [0, 0.05) is 10.2 Å². The predicted octanol–water partition coefficient (Wildman–Crippen LogP) is 3.65. The number of nitrogens with one attached hydrogen (secondary N) is 1. The molecule has 2 aromatic carbocycles. The van der Waals surface area contributed by atoms with Crippen molar-refractivity contribution in [1.29, 1.82) is 0 Å². The van der Waals surface area contributed by atoms with E-state index in [4.69, 9.17) is 14.2 Å². The first-order valence-electron chi connectivity index (χ1n) is 7.57. The third-order valence-corrected chi connectivity index (χ3v) is 3.69. The molecule has 0 aliphatic heterocycles. The van der Waals surface area contributed by atoms with Crippen LogP contribution in [-0.4, -0.2) is 32.2 Å². The number of methoxy groups -OCH3 is 1. The molecule has 25 heavy (non-hydrogen) atoms. The Kier molecular flexibility index (Phi) is 6.82. The Morgan fingerprint density at radius 3 is 2.44 bits per heavy atom. The summed E-state index contributed by atoms with van der Waals surface area (Å²) >= 11 is 3.33. The van der Waals surface area contributed by atoms with Crippen molar-refractivity contribution in [3.63, 3.8) is 0 Å². The molecule has 0 aliphatic rings. The molecule has 0 saturated heterocycles. The normalized spacial score (nSPS) is 10.0. The van der Waals surface area contributed by atoms with E-state index in [1.807, 2.05) is 12.1 Å². The minimum Gasteiger partial charge on any atom is -0.493 e. The number of benzene rings is 2. The van der Waals surface area contributed by atoms with Crippen molar-refractivity contribution >= 4 is 33.5 Å². The summed E-state index contributed by atoms with van der Waals surface area (Å²) in [6.45, 7) is 1.78. The van der Waals surface area contributed by atoms with Crippen molar-refractivity contribution in [3.8, 4) is 11.5 Å². The van der Waals surface area contributed by atoms with Gasteiger partial charge in [0.25, 0.3) is 5.91 Å². The van der Waals surface area contributed by atoms with E-state index >= 15 is 0 Å². The Balaban J connectivity index is 2.02. The smallest absolute Gasteiger partial charge is 0.338 e. The molecule has 0 spiro atoms. The number of hydrogen-bond donors (Lipinski definition) is 1. The molecule has 0 aliphatic carbocycles. The van der Waals surface area contributed by atoms with E-state index in [-0.39, 0.29) is 19.1 Å². The average molecular weight is 408 g/mol. The second-order valence-electron chi connectivity index (χ2n) is 4.93. The summed E-state index contributed by atoms with van der Waals surface area (Å²) in [4.78, 5) is 23.8. The van der Waals surface area contributed by atoms with Gasteiger partial charge < -0.3 is 19.5 Å². The van der Waals surface area contributed by atoms with E-state index in [1.165, 1.54) is 13.2 Å². The van der Waals surface area contributed by atoms with Crippen LogP contribution in [-0.2, 0) is 9.53 Å². The summed E-state index contributed by atoms with van der Waals surface area (Å²) < 4.78 is 16.6. The van der Waals surface area contributed by atoms with E-state index in [9.17, 15) is 9.59 Å². The fraction of sp³-hybridized carbons (Fsp3) is 0.222. The second-order valence-corrected chi connectivity index (χ2v) is 5.85. The lowest BCUT2D eigenvalue weighted by Gasteiger charge is -2.12. The topological polar surface area (TPSA) is 73.9 Å². The van der Waals surface area contributed by atoms with Gasteiger partial charge in [-0.15, -0.1) is 0 Å². The van der Waals surface area contributed by atoms with Crippen LogP contribution in [0.15, 0.2) is 46.9 Å². The van der Waals surface area contributed by atoms with Gasteiger partial charge in [-0.1, -0.05) is 15.9 Å². The van der Waals surface area contributed by atoms with Crippen LogP contribution in [0.4, 0.5) is 5.69 Å². The number of ether oxygens (including phenoxy) is 3. The van der Waals surface area contributed by atoms with Crippen LogP contribution >= 0.6 is 15.9 Å². The minimum atomic E-state index is -0.464. The number of rotatable bonds is 7. The summed E-state index contributed by atoms with van der Waals surface area (Å²) in [5.41, 5.74) is 0.981. The maximum atomic E-state index is 12.0. The predicted molar refractivity (Wildman–Crippen MR) is 97.2 cm³/mol. The molecular weight excluding hydrogens is 390 g/mol. The third kappa shape index (κ3) is 5.49. The Labute approximate surface area is 154 Å². The summed E-state index contributed by atoms with van der Waals surface area (Å²) in [7, 11) is 1.48. The van der Waals surface area contributed by atoms with Crippen LogP contribution < -0.4 is 14.8 Å². The number of esters is 1. The Bertz CT molecular complexity index is 746. The largest absolute Gasteiger partial charge is 0.493 e. The van der Waals surface area contributed by atoms with E-state index in [0.717, 1.165) is 4.47 Å². The quantitative estimate of drug-likeness (QED) is 0.708. The van der Waals surface area contributed by atoms with Crippen LogP contribution in [0.3, 0.4) is 0 Å². The van der Waals surface area contributed by atoms with Gasteiger partial charge in [0.05, 0.1) is 19.3 Å². The molecule has 0 aromatic heterocycles. The van der Waals surface area contributed by atoms with E-state index in [0.29, 0.717) is 22.7 Å². The van der Waals surface area contributed by atoms with Crippen molar-refractivity contribution in [2.24, 2.45) is 0 Å². The van der Waals surface area contributed by atoms with Crippen LogP contribution in [0.5, 0.6) is 11.5 Å². The molecule has 0 heterocycles. The van der Waals surface area contributed by atoms with Crippen molar-refractivity contribution in [3.05, 3.63) is 52.5 Å². The molecular formula is C18H18BrNO5. The summed E-state index contributed by atoms with van der Waals surface area (Å²) in [6.07, 6.45) is 0. The van der Waals surface area contributed by atoms with Gasteiger partial charge in [-0.25, -0.2) is 4.79 Å². The van der Waals surface area contributed by atoms with Crippen molar-refractivity contribution in [2.75, 3.05) is 25.6 Å². The van der Waals surface area contributed by atoms with Crippen LogP contribution in [0, 0.1) is 0 Å². The maximum absolute atomic E-state index is 12.0. The monoisotopic (exact) mass is 407 g/mol. The molecule has 0 fully saturated rings. The number of hydrogen-bond acceptors (Lipinski definition) is 5. The first-order valence-corrected chi connectivity index (χ1v) is 8.36. The molecule has 0 radical (unpaired) electrons. The highest BCUT2D eigenvalue weighted by Gasteiger charge is 2.13. The lowest BCUT2D eigenvalue weighted by Crippen LogP contribution is -2.20. The lowest BCUT2D eigenvalue weighted by atomic mass is 10.2. The van der Waals surface area contributed by atoms with Gasteiger partial charge in [0.1, 0.15) is 0 Å². The fourth-order valence-corrected chi connectivity index (χ4v) is 2.27. The zero-order chi connectivity index (χ0) is 18.2. The maximum Gasteiger partial charge on any atom is 0.338 e. The van der Waals surface area contributed by atoms with Crippen molar-refractivity contribution in [2.45, 2.75) is 6.92 Å². The molecule has 0 atom stereocenters. The number of carbonyl (C=O) groups excluding carboxylic acids is 2. The highest BCUT2D eigenvalue weighted by molar-refractivity contribution is 9.10. The van der Waals surface area contributed by atoms with E-state index in [1.54, 1.807) is 31.2 Å². The molecule has 2 aromatic rings. The van der Waals surface area contributed by atoms with E-state index in [2.05, 4.69) is 21.2 Å². The standard InChI is InChI=1S/C18H18BrNO5/c1-3-24-18(22)12-4-9-15(23-2)16(10-12)25-11-17(21)20-14-7-5-13(19)6-8-14/h4-10H,3,11H2,1-2H3,(H,20,21). The van der Waals surface area contributed by atoms with E-state index < -0.39 is 5.97 Å². The number of amides is 1. The van der Waals surface area contributed by atoms with Gasteiger partial charge >= 0.3 is 5.97 Å². The summed E-state index contributed by atoms with van der Waals surface area (Å²) in [5.74, 6) is -0.0799. The highest BCUT2D eigenvalue weighted by atomic mass is 79.9. The Hall–Kier alpha value is -2.54.